The Labute approximate surface area is 130 Å². The van der Waals surface area contributed by atoms with Gasteiger partial charge in [-0.05, 0) is 19.1 Å². The number of amides is 1. The molecule has 2 aromatic heterocycles. The number of aldehydes is 1. The molecule has 6 nitrogen and oxygen atoms in total. The Bertz CT molecular complexity index is 895. The maximum atomic E-state index is 11.6. The van der Waals surface area contributed by atoms with Gasteiger partial charge in [-0.2, -0.15) is 0 Å². The van der Waals surface area contributed by atoms with Gasteiger partial charge in [0.05, 0.1) is 7.11 Å². The maximum absolute atomic E-state index is 11.6. The summed E-state index contributed by atoms with van der Waals surface area (Å²) in [6, 6.07) is 7.33. The average Bonchev–Trinajstić information content (AvgIpc) is 3.04. The summed E-state index contributed by atoms with van der Waals surface area (Å²) in [6.07, 6.45) is 0.728. The van der Waals surface area contributed by atoms with Crippen LogP contribution in [-0.2, 0) is 0 Å². The van der Waals surface area contributed by atoms with E-state index < -0.39 is 5.91 Å². The fourth-order valence-corrected chi connectivity index (χ4v) is 3.43. The second-order valence-electron chi connectivity index (χ2n) is 4.66. The van der Waals surface area contributed by atoms with Crippen LogP contribution in [0.25, 0.3) is 16.2 Å². The number of nitrogens with zero attached hydrogens (tertiary/aromatic N) is 2. The highest BCUT2D eigenvalue weighted by Crippen LogP contribution is 2.34. The number of methoxy groups -OCH3 is 1. The van der Waals surface area contributed by atoms with E-state index in [1.807, 2.05) is 18.2 Å². The lowest BCUT2D eigenvalue weighted by Gasteiger charge is -2.06. The van der Waals surface area contributed by atoms with Crippen molar-refractivity contribution < 1.29 is 14.3 Å². The number of aromatic nitrogens is 2. The van der Waals surface area contributed by atoms with Crippen LogP contribution in [0.1, 0.15) is 25.9 Å². The molecule has 22 heavy (non-hydrogen) atoms. The molecule has 0 bridgehead atoms. The number of para-hydroxylation sites is 1. The van der Waals surface area contributed by atoms with E-state index in [1.54, 1.807) is 24.5 Å². The number of imidazole rings is 1. The van der Waals surface area contributed by atoms with Crippen LogP contribution in [0, 0.1) is 6.92 Å². The lowest BCUT2D eigenvalue weighted by atomic mass is 10.1. The SMILES string of the molecule is COc1ccccc1-c1nc2sc(C(N)=O)c(C)n2c1C=O. The molecule has 0 saturated carbocycles. The fourth-order valence-electron chi connectivity index (χ4n) is 2.45. The van der Waals surface area contributed by atoms with Crippen molar-refractivity contribution in [2.24, 2.45) is 5.73 Å². The molecule has 0 saturated heterocycles. The minimum Gasteiger partial charge on any atom is -0.496 e. The predicted molar refractivity (Wildman–Crippen MR) is 83.7 cm³/mol. The minimum atomic E-state index is -0.524. The van der Waals surface area contributed by atoms with Crippen LogP contribution in [-0.4, -0.2) is 28.7 Å². The molecule has 1 amide bonds. The standard InChI is InChI=1S/C15H13N3O3S/c1-8-13(14(16)20)22-15-17-12(10(7-19)18(8)15)9-5-3-4-6-11(9)21-2/h3-7H,1-2H3,(H2,16,20). The summed E-state index contributed by atoms with van der Waals surface area (Å²) in [4.78, 5) is 28.5. The van der Waals surface area contributed by atoms with Crippen molar-refractivity contribution >= 4 is 28.5 Å². The van der Waals surface area contributed by atoms with E-state index in [2.05, 4.69) is 4.98 Å². The van der Waals surface area contributed by atoms with Crippen LogP contribution in [0.5, 0.6) is 5.75 Å². The molecule has 112 valence electrons. The second kappa shape index (κ2) is 5.27. The highest BCUT2D eigenvalue weighted by Gasteiger charge is 2.22. The van der Waals surface area contributed by atoms with Crippen molar-refractivity contribution in [3.63, 3.8) is 0 Å². The smallest absolute Gasteiger partial charge is 0.260 e. The number of hydrogen-bond acceptors (Lipinski definition) is 5. The number of hydrogen-bond donors (Lipinski definition) is 1. The van der Waals surface area contributed by atoms with Crippen molar-refractivity contribution in [1.29, 1.82) is 0 Å². The van der Waals surface area contributed by atoms with Crippen molar-refractivity contribution in [1.82, 2.24) is 9.38 Å². The molecule has 0 unspecified atom stereocenters. The van der Waals surface area contributed by atoms with Crippen LogP contribution >= 0.6 is 11.3 Å². The van der Waals surface area contributed by atoms with Crippen molar-refractivity contribution in [2.45, 2.75) is 6.92 Å². The van der Waals surface area contributed by atoms with Gasteiger partial charge in [0.15, 0.2) is 11.2 Å². The first-order valence-corrected chi connectivity index (χ1v) is 7.30. The van der Waals surface area contributed by atoms with E-state index in [0.29, 0.717) is 32.7 Å². The normalized spacial score (nSPS) is 10.8. The zero-order valence-corrected chi connectivity index (χ0v) is 12.8. The van der Waals surface area contributed by atoms with Crippen LogP contribution in [0.2, 0.25) is 0 Å². The zero-order valence-electron chi connectivity index (χ0n) is 12.0. The molecule has 2 heterocycles. The van der Waals surface area contributed by atoms with Crippen LogP contribution in [0.15, 0.2) is 24.3 Å². The van der Waals surface area contributed by atoms with Gasteiger partial charge in [0.2, 0.25) is 0 Å². The highest BCUT2D eigenvalue weighted by atomic mass is 32.1. The molecule has 0 radical (unpaired) electrons. The Balaban J connectivity index is 2.32. The number of benzene rings is 1. The average molecular weight is 315 g/mol. The first-order chi connectivity index (χ1) is 10.6. The van der Waals surface area contributed by atoms with Gasteiger partial charge in [0.25, 0.3) is 5.91 Å². The number of fused-ring (bicyclic) bond motifs is 1. The number of thiazole rings is 1. The molecular formula is C15H13N3O3S. The van der Waals surface area contributed by atoms with E-state index in [4.69, 9.17) is 10.5 Å². The molecule has 0 aliphatic heterocycles. The van der Waals surface area contributed by atoms with E-state index in [1.165, 1.54) is 11.3 Å². The lowest BCUT2D eigenvalue weighted by Crippen LogP contribution is -2.11. The van der Waals surface area contributed by atoms with Gasteiger partial charge in [-0.3, -0.25) is 14.0 Å². The first kappa shape index (κ1) is 14.3. The quantitative estimate of drug-likeness (QED) is 0.748. The van der Waals surface area contributed by atoms with Gasteiger partial charge in [0.1, 0.15) is 22.0 Å². The topological polar surface area (TPSA) is 86.7 Å². The Morgan fingerprint density at radius 1 is 1.41 bits per heavy atom. The molecule has 3 rings (SSSR count). The van der Waals surface area contributed by atoms with E-state index in [0.717, 1.165) is 11.8 Å². The van der Waals surface area contributed by atoms with Gasteiger partial charge in [0, 0.05) is 11.3 Å². The molecule has 7 heteroatoms. The number of nitrogens with two attached hydrogens (primary N) is 1. The number of primary amides is 1. The number of carbonyl (C=O) groups is 2. The van der Waals surface area contributed by atoms with E-state index in [-0.39, 0.29) is 0 Å². The molecular weight excluding hydrogens is 302 g/mol. The van der Waals surface area contributed by atoms with Crippen LogP contribution in [0.4, 0.5) is 0 Å². The Morgan fingerprint density at radius 3 is 2.77 bits per heavy atom. The summed E-state index contributed by atoms with van der Waals surface area (Å²) < 4.78 is 6.98. The number of aryl methyl sites for hydroxylation is 1. The highest BCUT2D eigenvalue weighted by molar-refractivity contribution is 7.19. The van der Waals surface area contributed by atoms with Crippen molar-refractivity contribution in [2.75, 3.05) is 7.11 Å². The Kier molecular flexibility index (Phi) is 3.42. The number of ether oxygens (including phenoxy) is 1. The van der Waals surface area contributed by atoms with Gasteiger partial charge in [-0.1, -0.05) is 23.5 Å². The zero-order chi connectivity index (χ0) is 15.9. The monoisotopic (exact) mass is 315 g/mol. The van der Waals surface area contributed by atoms with Gasteiger partial charge in [-0.15, -0.1) is 0 Å². The summed E-state index contributed by atoms with van der Waals surface area (Å²) in [7, 11) is 1.56. The van der Waals surface area contributed by atoms with E-state index >= 15 is 0 Å². The molecule has 0 aliphatic carbocycles. The molecule has 0 fully saturated rings. The van der Waals surface area contributed by atoms with Gasteiger partial charge in [-0.25, -0.2) is 4.98 Å². The molecule has 0 atom stereocenters. The third-order valence-electron chi connectivity index (χ3n) is 3.44. The summed E-state index contributed by atoms with van der Waals surface area (Å²) in [6.45, 7) is 1.74. The predicted octanol–water partition coefficient (Wildman–Crippen LogP) is 2.29. The number of rotatable bonds is 4. The second-order valence-corrected chi connectivity index (χ2v) is 5.64. The molecule has 2 N–H and O–H groups in total. The third kappa shape index (κ3) is 1.98. The third-order valence-corrected chi connectivity index (χ3v) is 4.59. The molecule has 1 aromatic carbocycles. The minimum absolute atomic E-state index is 0.376. The fraction of sp³-hybridized carbons (Fsp3) is 0.133. The Hall–Kier alpha value is -2.67. The van der Waals surface area contributed by atoms with Crippen LogP contribution < -0.4 is 10.5 Å². The largest absolute Gasteiger partial charge is 0.496 e. The van der Waals surface area contributed by atoms with Gasteiger partial charge >= 0.3 is 0 Å². The molecule has 0 spiro atoms. The van der Waals surface area contributed by atoms with Crippen molar-refractivity contribution in [3.05, 3.63) is 40.5 Å². The van der Waals surface area contributed by atoms with Crippen molar-refractivity contribution in [3.8, 4) is 17.0 Å². The van der Waals surface area contributed by atoms with Gasteiger partial charge < -0.3 is 10.5 Å². The Morgan fingerprint density at radius 2 is 2.14 bits per heavy atom. The molecule has 3 aromatic rings. The summed E-state index contributed by atoms with van der Waals surface area (Å²) in [5.74, 6) is 0.104. The summed E-state index contributed by atoms with van der Waals surface area (Å²) in [5.41, 5.74) is 7.59. The summed E-state index contributed by atoms with van der Waals surface area (Å²) in [5, 5.41) is 0. The summed E-state index contributed by atoms with van der Waals surface area (Å²) >= 11 is 1.17. The first-order valence-electron chi connectivity index (χ1n) is 6.48. The van der Waals surface area contributed by atoms with Crippen LogP contribution in [0.3, 0.4) is 0 Å². The number of carbonyl (C=O) groups excluding carboxylic acids is 2. The molecule has 0 aliphatic rings. The lowest BCUT2D eigenvalue weighted by molar-refractivity contribution is 0.100. The van der Waals surface area contributed by atoms with E-state index in [9.17, 15) is 9.59 Å². The maximum Gasteiger partial charge on any atom is 0.260 e.